The highest BCUT2D eigenvalue weighted by atomic mass is 16.4. The van der Waals surface area contributed by atoms with Crippen LogP contribution in [-0.4, -0.2) is 5.97 Å². The van der Waals surface area contributed by atoms with Crippen molar-refractivity contribution in [2.45, 2.75) is 240 Å². The molecule has 0 aromatic rings. The Morgan fingerprint density at radius 1 is 0.419 bits per heavy atom. The molecule has 0 spiro atoms. The van der Waals surface area contributed by atoms with Crippen LogP contribution < -0.4 is 11.3 Å². The molecule has 0 saturated carbocycles. The Labute approximate surface area is 272 Å². The Morgan fingerprint density at radius 2 is 0.744 bits per heavy atom. The van der Waals surface area contributed by atoms with Gasteiger partial charge in [0.05, 0.1) is 0 Å². The van der Waals surface area contributed by atoms with Crippen LogP contribution in [0.1, 0.15) is 240 Å². The molecule has 2 unspecified atom stereocenters. The van der Waals surface area contributed by atoms with Gasteiger partial charge in [0.1, 0.15) is 0 Å². The maximum absolute atomic E-state index is 12.7. The molecular formula is C40H83NO2. The zero-order valence-electron chi connectivity index (χ0n) is 30.7. The average molecular weight is 610 g/mol. The van der Waals surface area contributed by atoms with E-state index < -0.39 is 11.4 Å². The molecule has 0 bridgehead atoms. The molecule has 0 aliphatic rings. The predicted molar refractivity (Wildman–Crippen MR) is 192 cm³/mol. The standard InChI is InChI=1S/C40H80O2.H3N/c1-5-9-11-13-15-17-19-21-23-25-27-29-31-33-37-40(36-8-4,39(41)42)38(34-7-3)35-32-30-28-26-24-22-20-18-16-14-12-10-6-2;/h38H,5-37H2,1-4H3,(H,41,42);1H3. The van der Waals surface area contributed by atoms with Gasteiger partial charge in [-0.1, -0.05) is 214 Å². The molecule has 3 heteroatoms. The summed E-state index contributed by atoms with van der Waals surface area (Å²) in [5.74, 6) is -0.450. The van der Waals surface area contributed by atoms with Crippen molar-refractivity contribution in [3.05, 3.63) is 0 Å². The Balaban J connectivity index is 0. The van der Waals surface area contributed by atoms with E-state index in [-0.39, 0.29) is 6.15 Å². The molecular weight excluding hydrogens is 526 g/mol. The quantitative estimate of drug-likeness (QED) is 0.0725. The first-order valence-corrected chi connectivity index (χ1v) is 19.8. The maximum atomic E-state index is 12.7. The number of unbranched alkanes of at least 4 members (excludes halogenated alkanes) is 25. The molecule has 0 aliphatic heterocycles. The molecule has 0 fully saturated rings. The molecule has 2 atom stereocenters. The van der Waals surface area contributed by atoms with Crippen molar-refractivity contribution in [2.75, 3.05) is 0 Å². The minimum atomic E-state index is -0.743. The molecule has 0 aromatic carbocycles. The first-order valence-electron chi connectivity index (χ1n) is 19.8. The number of hydrogen-bond acceptors (Lipinski definition) is 2. The van der Waals surface area contributed by atoms with E-state index >= 15 is 0 Å². The van der Waals surface area contributed by atoms with Gasteiger partial charge in [-0.3, -0.25) is 0 Å². The molecule has 0 aliphatic carbocycles. The minimum absolute atomic E-state index is 0. The molecule has 3 nitrogen and oxygen atoms in total. The summed E-state index contributed by atoms with van der Waals surface area (Å²) >= 11 is 0. The molecule has 0 heterocycles. The van der Waals surface area contributed by atoms with Crippen LogP contribution in [0.5, 0.6) is 0 Å². The van der Waals surface area contributed by atoms with Crippen molar-refractivity contribution in [3.8, 4) is 0 Å². The van der Waals surface area contributed by atoms with Gasteiger partial charge >= 0.3 is 0 Å². The van der Waals surface area contributed by atoms with E-state index in [0.717, 1.165) is 44.9 Å². The summed E-state index contributed by atoms with van der Waals surface area (Å²) in [5, 5.41) is 12.7. The second kappa shape index (κ2) is 34.3. The lowest BCUT2D eigenvalue weighted by molar-refractivity contribution is -0.323. The van der Waals surface area contributed by atoms with Crippen molar-refractivity contribution in [3.63, 3.8) is 0 Å². The number of quaternary nitrogens is 1. The highest BCUT2D eigenvalue weighted by Gasteiger charge is 2.38. The van der Waals surface area contributed by atoms with Gasteiger partial charge in [-0.2, -0.15) is 0 Å². The van der Waals surface area contributed by atoms with Crippen LogP contribution in [0.2, 0.25) is 0 Å². The van der Waals surface area contributed by atoms with E-state index in [1.54, 1.807) is 0 Å². The van der Waals surface area contributed by atoms with Gasteiger partial charge in [-0.15, -0.1) is 0 Å². The third kappa shape index (κ3) is 25.3. The van der Waals surface area contributed by atoms with Gasteiger partial charge in [0.2, 0.25) is 0 Å². The molecule has 43 heavy (non-hydrogen) atoms. The Kier molecular flexibility index (Phi) is 35.5. The summed E-state index contributed by atoms with van der Waals surface area (Å²) in [6.45, 7) is 8.97. The first-order chi connectivity index (χ1) is 20.6. The number of hydrogen-bond donors (Lipinski definition) is 1. The molecule has 260 valence electrons. The molecule has 0 amide bonds. The van der Waals surface area contributed by atoms with Crippen molar-refractivity contribution in [1.29, 1.82) is 0 Å². The molecule has 0 radical (unpaired) electrons. The fourth-order valence-corrected chi connectivity index (χ4v) is 7.44. The maximum Gasteiger partial charge on any atom is 0.0478 e. The van der Waals surface area contributed by atoms with E-state index in [1.165, 1.54) is 167 Å². The number of carboxylic acids is 1. The number of carbonyl (C=O) groups is 1. The van der Waals surface area contributed by atoms with Gasteiger partial charge in [0.15, 0.2) is 0 Å². The van der Waals surface area contributed by atoms with Crippen molar-refractivity contribution >= 4 is 5.97 Å². The summed E-state index contributed by atoms with van der Waals surface area (Å²) in [6, 6.07) is 0. The number of carboxylic acid groups (broad SMARTS) is 1. The molecule has 0 rings (SSSR count). The Hall–Kier alpha value is -0.570. The molecule has 0 aromatic heterocycles. The van der Waals surface area contributed by atoms with Crippen LogP contribution >= 0.6 is 0 Å². The third-order valence-corrected chi connectivity index (χ3v) is 10.2. The first kappa shape index (κ1) is 44.6. The third-order valence-electron chi connectivity index (χ3n) is 10.2. The largest absolute Gasteiger partial charge is 0.550 e. The average Bonchev–Trinajstić information content (AvgIpc) is 2.98. The highest BCUT2D eigenvalue weighted by Crippen LogP contribution is 2.43. The van der Waals surface area contributed by atoms with Crippen LogP contribution in [0, 0.1) is 11.3 Å². The number of aliphatic carboxylic acids is 1. The Morgan fingerprint density at radius 3 is 1.05 bits per heavy atom. The number of carbonyl (C=O) groups excluding carboxylic acids is 1. The van der Waals surface area contributed by atoms with Crippen LogP contribution in [0.4, 0.5) is 0 Å². The zero-order valence-corrected chi connectivity index (χ0v) is 30.7. The zero-order chi connectivity index (χ0) is 31.0. The second-order valence-electron chi connectivity index (χ2n) is 14.1. The minimum Gasteiger partial charge on any atom is -0.550 e. The van der Waals surface area contributed by atoms with E-state index in [0.29, 0.717) is 5.92 Å². The molecule has 4 N–H and O–H groups in total. The van der Waals surface area contributed by atoms with Crippen LogP contribution in [0.15, 0.2) is 0 Å². The summed E-state index contributed by atoms with van der Waals surface area (Å²) < 4.78 is 0. The smallest absolute Gasteiger partial charge is 0.0478 e. The van der Waals surface area contributed by atoms with Crippen LogP contribution in [0.25, 0.3) is 0 Å². The lowest BCUT2D eigenvalue weighted by Gasteiger charge is -2.42. The van der Waals surface area contributed by atoms with Gasteiger partial charge in [0.25, 0.3) is 0 Å². The topological polar surface area (TPSA) is 76.6 Å². The molecule has 0 saturated heterocycles. The lowest BCUT2D eigenvalue weighted by atomic mass is 9.65. The van der Waals surface area contributed by atoms with Crippen molar-refractivity contribution in [1.82, 2.24) is 6.15 Å². The Bertz CT molecular complexity index is 551. The van der Waals surface area contributed by atoms with Crippen LogP contribution in [0.3, 0.4) is 0 Å². The SMILES string of the molecule is CCCCCCCCCCCCCCCCC(CCC)(C(=O)[O-])C(CCC)CCCCCCCCCCCCCCC.[NH4+]. The van der Waals surface area contributed by atoms with Gasteiger partial charge in [-0.05, 0) is 31.6 Å². The van der Waals surface area contributed by atoms with E-state index in [4.69, 9.17) is 0 Å². The summed E-state index contributed by atoms with van der Waals surface area (Å²) in [5.41, 5.74) is -0.598. The highest BCUT2D eigenvalue weighted by molar-refractivity contribution is 5.72. The lowest BCUT2D eigenvalue weighted by Crippen LogP contribution is -2.47. The predicted octanol–water partition coefficient (Wildman–Crippen LogP) is 13.7. The second-order valence-corrected chi connectivity index (χ2v) is 14.1. The number of rotatable bonds is 35. The van der Waals surface area contributed by atoms with Gasteiger partial charge < -0.3 is 16.1 Å². The van der Waals surface area contributed by atoms with E-state index in [9.17, 15) is 9.90 Å². The normalized spacial score (nSPS) is 13.5. The fourth-order valence-electron chi connectivity index (χ4n) is 7.44. The van der Waals surface area contributed by atoms with Crippen LogP contribution in [-0.2, 0) is 4.79 Å². The summed E-state index contributed by atoms with van der Waals surface area (Å²) in [7, 11) is 0. The fraction of sp³-hybridized carbons (Fsp3) is 0.975. The monoisotopic (exact) mass is 610 g/mol. The van der Waals surface area contributed by atoms with E-state index in [2.05, 4.69) is 27.7 Å². The van der Waals surface area contributed by atoms with E-state index in [1.807, 2.05) is 0 Å². The summed E-state index contributed by atoms with van der Waals surface area (Å²) in [6.07, 6.45) is 42.4. The van der Waals surface area contributed by atoms with Gasteiger partial charge in [0, 0.05) is 11.4 Å². The van der Waals surface area contributed by atoms with Crippen molar-refractivity contribution in [2.24, 2.45) is 11.3 Å². The van der Waals surface area contributed by atoms with Crippen molar-refractivity contribution < 1.29 is 9.90 Å². The van der Waals surface area contributed by atoms with Gasteiger partial charge in [-0.25, -0.2) is 0 Å². The summed E-state index contributed by atoms with van der Waals surface area (Å²) in [4.78, 5) is 12.7.